The van der Waals surface area contributed by atoms with Crippen molar-refractivity contribution in [1.82, 2.24) is 79.0 Å². The predicted molar refractivity (Wildman–Crippen MR) is 514 cm³/mol. The Bertz CT molecular complexity index is 5740. The number of hydrogen-bond donors (Lipinski definition) is 28. The number of aliphatic hydroxyl groups excluding tert-OH is 4. The minimum atomic E-state index is -2.89. The zero-order chi connectivity index (χ0) is 110. The van der Waals surface area contributed by atoms with E-state index in [-0.39, 0.29) is 53.8 Å². The molecule has 4 aliphatic rings. The second-order valence-corrected chi connectivity index (χ2v) is 36.0. The first-order valence-corrected chi connectivity index (χ1v) is 46.8. The summed E-state index contributed by atoms with van der Waals surface area (Å²) in [6.45, 7) is 2.79. The number of cyclic esters (lactones) is 1. The Labute approximate surface area is 844 Å². The lowest BCUT2D eigenvalue weighted by Crippen LogP contribution is -2.70. The fourth-order valence-corrected chi connectivity index (χ4v) is 17.3. The molecular formula is C94H127N19O35. The fraction of sp³-hybridized carbons (Fsp3) is 0.500. The van der Waals surface area contributed by atoms with Crippen molar-refractivity contribution in [3.05, 3.63) is 112 Å². The number of nitrogens with two attached hydrogens (primary N) is 4. The highest BCUT2D eigenvalue weighted by Crippen LogP contribution is 2.56. The zero-order valence-electron chi connectivity index (χ0n) is 81.7. The van der Waals surface area contributed by atoms with Crippen molar-refractivity contribution in [2.45, 2.75) is 240 Å². The van der Waals surface area contributed by atoms with E-state index in [4.69, 9.17) is 27.7 Å². The maximum Gasteiger partial charge on any atom is 0.329 e. The Morgan fingerprint density at radius 1 is 0.588 bits per heavy atom. The minimum Gasteiger partial charge on any atom is -0.508 e. The summed E-state index contributed by atoms with van der Waals surface area (Å²) in [5.41, 5.74) is 19.5. The van der Waals surface area contributed by atoms with Crippen LogP contribution in [0.2, 0.25) is 0 Å². The number of nitrogens with one attached hydrogen (secondary N) is 14. The summed E-state index contributed by atoms with van der Waals surface area (Å²) < 4.78 is 5.68. The van der Waals surface area contributed by atoms with E-state index in [1.165, 1.54) is 49.3 Å². The summed E-state index contributed by atoms with van der Waals surface area (Å²) in [6.07, 6.45) is -3.92. The number of para-hydroxylation sites is 2. The molecule has 54 heteroatoms. The first-order valence-electron chi connectivity index (χ1n) is 46.8. The zero-order valence-corrected chi connectivity index (χ0v) is 81.7. The van der Waals surface area contributed by atoms with E-state index < -0.39 is 337 Å². The van der Waals surface area contributed by atoms with Crippen molar-refractivity contribution < 1.29 is 172 Å². The van der Waals surface area contributed by atoms with Gasteiger partial charge < -0.3 is 158 Å². The number of carbonyl (C=O) groups is 23. The van der Waals surface area contributed by atoms with Gasteiger partial charge in [-0.3, -0.25) is 110 Å². The SMILES string of the molecule is CCCCCCCCCC(=O)N[C@@H](Cc1c[nH]c2ccccc12)C(=O)N[C@@H](CC(N)=O)C(=O)N[C@@H](CC(=O)O)C(=O)N[C@@H]1C(=O)NCC(=O)N[C@@H](CCCN)C(=O)N[C@@H](CC(=O)O)C(=O)N[C@H](C)C(=O)N[C@@H](CC(=O)O)C(=O)NCC(=O)N[C@H](CO)C(=O)N[C@@H]([C@H](C)CC(=O)O)C(=O)N[C@@H](CC(=O)c2ccccc2N)C(=O)O[C@@H]1C.C[C@H]1c2cccc(O)c2C(O)=C2C(=O)[C@]3(O)C(O)=C(C(N)=O)C(=O)[C@@H](N(C)C)[C@@H]3[C@@H](O)[C@@H]21.O. The first kappa shape index (κ1) is 121. The quantitative estimate of drug-likeness (QED) is 0.00656. The monoisotopic (exact) mass is 2080 g/mol. The smallest absolute Gasteiger partial charge is 0.329 e. The number of hydrogen-bond acceptors (Lipinski definition) is 33. The number of Topliss-reactive ketones (excluding diaryl/α,β-unsaturated/α-hetero) is 3. The normalized spacial score (nSPS) is 23.9. The number of aliphatic hydroxyl groups is 5. The number of anilines is 1. The number of phenols is 1. The van der Waals surface area contributed by atoms with Crippen LogP contribution >= 0.6 is 0 Å². The topological polar surface area (TPSA) is 915 Å². The number of amides is 15. The van der Waals surface area contributed by atoms with Crippen LogP contribution in [-0.2, 0) is 117 Å². The number of aromatic amines is 1. The number of fused-ring (bicyclic) bond motifs is 4. The van der Waals surface area contributed by atoms with Crippen molar-refractivity contribution in [2.24, 2.45) is 35.0 Å². The molecule has 3 aliphatic carbocycles. The van der Waals surface area contributed by atoms with Gasteiger partial charge in [-0.2, -0.15) is 0 Å². The molecule has 54 nitrogen and oxygen atoms in total. The van der Waals surface area contributed by atoms with Gasteiger partial charge in [-0.05, 0) is 101 Å². The number of rotatable bonds is 37. The summed E-state index contributed by atoms with van der Waals surface area (Å²) in [7, 11) is 2.92. The highest BCUT2D eigenvalue weighted by atomic mass is 16.5. The number of H-pyrrole nitrogens is 1. The maximum atomic E-state index is 14.8. The standard InChI is InChI=1S/C72H101N17O26.C22H24N2O8.H2O/c1-5-6-7-8-9-10-11-22-53(93)81-44(25-38-31-76-42-20-15-13-17-39(38)42)66(108)84-45(27-52(75)92)67(109)86-48(30-59(102)103)68(110)89-61-37(4)115-72(114)49(26-51(91)40-18-12-14-19-41(40)74)87-71(113)60(35(2)24-56(96)97)88-69(111)50(34-90)82-55(95)32-77-63(105)46(28-57(98)99)83-62(104)36(3)79-65(107)47(29-58(100)101)85-64(106)43(21-16-23-73)80-54(94)33-78-70(61)112;1-7-8-5-4-6-9(25)11(8)16(26)12-10(7)17(27)14-15(24(2)3)18(28)13(21(23)31)20(30)22(14,32)19(12)29;/h12-15,17-20,31,35-37,43-50,60-61,76,90H,5-11,16,21-30,32-34,73-74H2,1-4H3,(H2,75,92)(H,77,105)(H,78,112)(H,79,107)(H,80,94)(H,81,93)(H,82,95)(H,83,104)(H,84,108)(H,85,106)(H,86,109)(H,87,113)(H,88,111)(H,89,110)(H,96,97)(H,98,99)(H,100,101)(H,102,103);4-7,10,14-15,17,25-27,30,32H,1-3H3,(H2,23,31);1H2/t35-,36-,37-,43+,44+,45+,46+,47+,48+,49+,50-,60+,61+;7-,10+,14+,15-,17-,22-;/m10./s1. The molecule has 19 atom stereocenters. The van der Waals surface area contributed by atoms with Gasteiger partial charge in [0.15, 0.2) is 17.2 Å². The van der Waals surface area contributed by atoms with E-state index in [0.717, 1.165) is 52.9 Å². The number of nitrogens with zero attached hydrogens (tertiary/aromatic N) is 1. The van der Waals surface area contributed by atoms with Gasteiger partial charge >= 0.3 is 29.8 Å². The molecule has 148 heavy (non-hydrogen) atoms. The molecule has 1 saturated heterocycles. The Balaban J connectivity index is 0.000000848. The lowest BCUT2D eigenvalue weighted by atomic mass is 9.54. The highest BCUT2D eigenvalue weighted by molar-refractivity contribution is 6.25. The van der Waals surface area contributed by atoms with Gasteiger partial charge in [0.2, 0.25) is 88.5 Å². The number of carbonyl (C=O) groups excluding carboxylic acids is 19. The lowest BCUT2D eigenvalue weighted by molar-refractivity contribution is -0.169. The van der Waals surface area contributed by atoms with Crippen LogP contribution in [0.3, 0.4) is 0 Å². The minimum absolute atomic E-state index is 0. The molecule has 1 aromatic heterocycles. The summed E-state index contributed by atoms with van der Waals surface area (Å²) in [5, 5.41) is 134. The average molecular weight is 2080 g/mol. The second kappa shape index (κ2) is 55.4. The molecule has 808 valence electrons. The van der Waals surface area contributed by atoms with Crippen LogP contribution in [0.15, 0.2) is 89.8 Å². The largest absolute Gasteiger partial charge is 0.508 e. The van der Waals surface area contributed by atoms with Crippen LogP contribution in [0.4, 0.5) is 5.69 Å². The molecule has 8 rings (SSSR count). The van der Waals surface area contributed by atoms with E-state index in [2.05, 4.69) is 65.1 Å². The van der Waals surface area contributed by atoms with Gasteiger partial charge in [0.25, 0.3) is 5.91 Å². The van der Waals surface area contributed by atoms with Crippen LogP contribution in [0.1, 0.15) is 170 Å². The molecule has 4 aromatic rings. The second-order valence-electron chi connectivity index (χ2n) is 36.0. The van der Waals surface area contributed by atoms with E-state index in [0.29, 0.717) is 34.9 Å². The summed E-state index contributed by atoms with van der Waals surface area (Å²) in [6, 6.07) is -7.41. The highest BCUT2D eigenvalue weighted by Gasteiger charge is 2.68. The number of phenolic OH excluding ortho intramolecular Hbond substituents is 1. The van der Waals surface area contributed by atoms with E-state index in [9.17, 15) is 161 Å². The van der Waals surface area contributed by atoms with Gasteiger partial charge in [-0.25, -0.2) is 4.79 Å². The molecule has 2 heterocycles. The van der Waals surface area contributed by atoms with Crippen molar-refractivity contribution in [2.75, 3.05) is 46.1 Å². The third-order valence-electron chi connectivity index (χ3n) is 24.9. The number of carboxylic acids is 4. The van der Waals surface area contributed by atoms with Crippen molar-refractivity contribution >= 4 is 158 Å². The number of esters is 1. The Hall–Kier alpha value is -16.0. The summed E-state index contributed by atoms with van der Waals surface area (Å²) in [5.74, 6) is -38.6. The van der Waals surface area contributed by atoms with E-state index in [1.807, 2.05) is 16.0 Å². The van der Waals surface area contributed by atoms with Gasteiger partial charge in [-0.15, -0.1) is 0 Å². The number of primary amides is 2. The van der Waals surface area contributed by atoms with Crippen LogP contribution < -0.4 is 92.1 Å². The molecule has 1 saturated carbocycles. The van der Waals surface area contributed by atoms with Crippen LogP contribution in [0.5, 0.6) is 5.75 Å². The Kier molecular flexibility index (Phi) is 45.2. The number of carboxylic acid groups (broad SMARTS) is 4. The number of aromatic hydroxyl groups is 1. The van der Waals surface area contributed by atoms with Crippen molar-refractivity contribution in [1.29, 1.82) is 0 Å². The number of aromatic nitrogens is 1. The van der Waals surface area contributed by atoms with Crippen LogP contribution in [-0.4, -0.2) is 333 Å². The Morgan fingerprint density at radius 3 is 1.73 bits per heavy atom. The van der Waals surface area contributed by atoms with E-state index in [1.54, 1.807) is 49.5 Å². The molecule has 1 aliphatic heterocycles. The predicted octanol–water partition coefficient (Wildman–Crippen LogP) is -6.95. The number of nitrogen functional groups attached to an aromatic ring is 1. The van der Waals surface area contributed by atoms with Gasteiger partial charge in [0, 0.05) is 59.1 Å². The average Bonchev–Trinajstić information content (AvgIpc) is 0.718. The molecule has 34 N–H and O–H groups in total. The number of likely N-dealkylation sites (N-methyl/N-ethyl adjacent to an activating group) is 1. The summed E-state index contributed by atoms with van der Waals surface area (Å²) in [4.78, 5) is 316. The molecule has 2 fully saturated rings. The van der Waals surface area contributed by atoms with E-state index >= 15 is 0 Å². The lowest BCUT2D eigenvalue weighted by Gasteiger charge is -2.53. The van der Waals surface area contributed by atoms with Crippen molar-refractivity contribution in [3.63, 3.8) is 0 Å². The first-order chi connectivity index (χ1) is 69.2. The molecule has 0 bridgehead atoms. The van der Waals surface area contributed by atoms with Crippen LogP contribution in [0.25, 0.3) is 16.7 Å². The number of ketones is 3. The third kappa shape index (κ3) is 32.0. The third-order valence-corrected chi connectivity index (χ3v) is 24.9. The van der Waals surface area contributed by atoms with Gasteiger partial charge in [0.05, 0.1) is 75.4 Å². The Morgan fingerprint density at radius 2 is 1.14 bits per heavy atom. The number of aliphatic carboxylic acids is 4. The molecule has 0 spiro atoms. The number of benzene rings is 3. The number of ether oxygens (including phenoxy) is 1. The molecular weight excluding hydrogens is 1960 g/mol. The number of unbranched alkanes of at least 4 members (excludes halogenated alkanes) is 6. The van der Waals surface area contributed by atoms with Crippen molar-refractivity contribution in [3.8, 4) is 5.75 Å². The summed E-state index contributed by atoms with van der Waals surface area (Å²) >= 11 is 0. The molecule has 3 aromatic carbocycles. The molecule has 15 amide bonds. The van der Waals surface area contributed by atoms with Gasteiger partial charge in [0.1, 0.15) is 95.4 Å². The fourth-order valence-electron chi connectivity index (χ4n) is 17.3. The molecule has 0 radical (unpaired) electrons. The van der Waals surface area contributed by atoms with Crippen LogP contribution in [0, 0.1) is 17.8 Å². The maximum absolute atomic E-state index is 14.8. The van der Waals surface area contributed by atoms with Gasteiger partial charge in [-0.1, -0.05) is 102 Å². The molecule has 0 unspecified atom stereocenters.